The molecule has 0 aliphatic carbocycles. The van der Waals surface area contributed by atoms with Crippen molar-refractivity contribution < 1.29 is 17.9 Å². The molecule has 3 rings (SSSR count). The van der Waals surface area contributed by atoms with Crippen molar-refractivity contribution in [3.63, 3.8) is 0 Å². The number of halogens is 3. The number of hydrogen-bond donors (Lipinski definition) is 1. The normalized spacial score (nSPS) is 15.2. The van der Waals surface area contributed by atoms with Crippen molar-refractivity contribution in [3.8, 4) is 5.75 Å². The van der Waals surface area contributed by atoms with Crippen molar-refractivity contribution in [2.24, 2.45) is 0 Å². The summed E-state index contributed by atoms with van der Waals surface area (Å²) in [6, 6.07) is 1.73. The van der Waals surface area contributed by atoms with E-state index >= 15 is 0 Å². The summed E-state index contributed by atoms with van der Waals surface area (Å²) in [6.45, 7) is 1.21. The molecule has 0 fully saturated rings. The third-order valence-corrected chi connectivity index (χ3v) is 3.89. The van der Waals surface area contributed by atoms with Gasteiger partial charge in [0.25, 0.3) is 5.56 Å². The summed E-state index contributed by atoms with van der Waals surface area (Å²) in [7, 11) is 1.55. The van der Waals surface area contributed by atoms with Gasteiger partial charge in [0.1, 0.15) is 5.75 Å². The van der Waals surface area contributed by atoms with Gasteiger partial charge in [0.05, 0.1) is 18.4 Å². The fourth-order valence-corrected chi connectivity index (χ4v) is 2.72. The van der Waals surface area contributed by atoms with Gasteiger partial charge in [-0.1, -0.05) is 0 Å². The Kier molecular flexibility index (Phi) is 4.27. The largest absolute Gasteiger partial charge is 0.496 e. The summed E-state index contributed by atoms with van der Waals surface area (Å²) in [6.07, 6.45) is -1.09. The second kappa shape index (κ2) is 6.23. The van der Waals surface area contributed by atoms with Gasteiger partial charge < -0.3 is 9.72 Å². The Morgan fingerprint density at radius 1 is 1.42 bits per heavy atom. The molecule has 2 aromatic rings. The van der Waals surface area contributed by atoms with Crippen LogP contribution < -0.4 is 10.3 Å². The monoisotopic (exact) mass is 340 g/mol. The highest BCUT2D eigenvalue weighted by Gasteiger charge is 2.36. The van der Waals surface area contributed by atoms with Gasteiger partial charge >= 0.3 is 6.18 Å². The van der Waals surface area contributed by atoms with Crippen LogP contribution in [0.25, 0.3) is 0 Å². The van der Waals surface area contributed by atoms with Crippen LogP contribution >= 0.6 is 0 Å². The number of aromatic nitrogens is 3. The second-order valence-electron chi connectivity index (χ2n) is 5.49. The maximum atomic E-state index is 12.7. The molecule has 9 heteroatoms. The quantitative estimate of drug-likeness (QED) is 0.922. The highest BCUT2D eigenvalue weighted by atomic mass is 19.4. The molecule has 6 nitrogen and oxygen atoms in total. The highest BCUT2D eigenvalue weighted by molar-refractivity contribution is 5.30. The Balaban J connectivity index is 1.84. The van der Waals surface area contributed by atoms with Crippen molar-refractivity contribution in [2.45, 2.75) is 25.7 Å². The van der Waals surface area contributed by atoms with Crippen molar-refractivity contribution in [1.82, 2.24) is 19.9 Å². The number of alkyl halides is 3. The van der Waals surface area contributed by atoms with Crippen LogP contribution in [0.15, 0.2) is 23.3 Å². The fourth-order valence-electron chi connectivity index (χ4n) is 2.72. The first-order valence-electron chi connectivity index (χ1n) is 7.27. The van der Waals surface area contributed by atoms with Crippen LogP contribution in [-0.2, 0) is 25.7 Å². The van der Waals surface area contributed by atoms with Crippen molar-refractivity contribution >= 4 is 0 Å². The molecule has 1 aliphatic heterocycles. The molecular weight excluding hydrogens is 325 g/mol. The van der Waals surface area contributed by atoms with E-state index in [1.807, 2.05) is 9.88 Å². The number of pyridine rings is 1. The zero-order valence-electron chi connectivity index (χ0n) is 12.9. The van der Waals surface area contributed by atoms with Gasteiger partial charge in [-0.3, -0.25) is 14.7 Å². The molecule has 2 aromatic heterocycles. The molecule has 0 amide bonds. The molecule has 128 valence electrons. The van der Waals surface area contributed by atoms with E-state index in [0.717, 1.165) is 5.56 Å². The van der Waals surface area contributed by atoms with Gasteiger partial charge in [-0.25, -0.2) is 4.98 Å². The molecular formula is C15H15F3N4O2. The third kappa shape index (κ3) is 3.25. The minimum atomic E-state index is -4.66. The minimum absolute atomic E-state index is 0.209. The van der Waals surface area contributed by atoms with E-state index in [9.17, 15) is 18.0 Å². The van der Waals surface area contributed by atoms with Gasteiger partial charge in [0.15, 0.2) is 0 Å². The van der Waals surface area contributed by atoms with E-state index in [-0.39, 0.29) is 24.2 Å². The van der Waals surface area contributed by atoms with E-state index in [0.29, 0.717) is 18.8 Å². The lowest BCUT2D eigenvalue weighted by Gasteiger charge is -2.28. The predicted molar refractivity (Wildman–Crippen MR) is 78.5 cm³/mol. The van der Waals surface area contributed by atoms with E-state index in [1.165, 1.54) is 0 Å². The topological polar surface area (TPSA) is 71.1 Å². The molecule has 0 aromatic carbocycles. The smallest absolute Gasteiger partial charge is 0.449 e. The van der Waals surface area contributed by atoms with Gasteiger partial charge in [0.2, 0.25) is 5.82 Å². The van der Waals surface area contributed by atoms with Gasteiger partial charge in [-0.05, 0) is 6.07 Å². The van der Waals surface area contributed by atoms with E-state index in [1.54, 1.807) is 25.6 Å². The Morgan fingerprint density at radius 2 is 2.21 bits per heavy atom. The maximum Gasteiger partial charge on any atom is 0.449 e. The first kappa shape index (κ1) is 16.4. The molecule has 24 heavy (non-hydrogen) atoms. The standard InChI is InChI=1S/C15H15F3N4O2/c1-24-12-2-4-19-6-9(12)7-22-5-3-11-10(8-22)13(23)21-14(20-11)15(16,17)18/h2,4,6H,3,5,7-8H2,1H3,(H,20,21,23). The van der Waals surface area contributed by atoms with Gasteiger partial charge in [-0.15, -0.1) is 0 Å². The van der Waals surface area contributed by atoms with E-state index < -0.39 is 17.6 Å². The average Bonchev–Trinajstić information content (AvgIpc) is 2.55. The SMILES string of the molecule is COc1ccncc1CN1CCc2nc(C(F)(F)F)[nH]c(=O)c2C1. The Morgan fingerprint density at radius 3 is 2.92 bits per heavy atom. The summed E-state index contributed by atoms with van der Waals surface area (Å²) in [5.41, 5.74) is 0.590. The number of methoxy groups -OCH3 is 1. The Bertz CT molecular complexity index is 804. The zero-order valence-corrected chi connectivity index (χ0v) is 12.9. The summed E-state index contributed by atoms with van der Waals surface area (Å²) in [4.78, 5) is 23.4. The van der Waals surface area contributed by atoms with Gasteiger partial charge in [-0.2, -0.15) is 13.2 Å². The number of nitrogens with zero attached hydrogens (tertiary/aromatic N) is 3. The molecule has 0 radical (unpaired) electrons. The van der Waals surface area contributed by atoms with Crippen LogP contribution in [0.3, 0.4) is 0 Å². The highest BCUT2D eigenvalue weighted by Crippen LogP contribution is 2.27. The Hall–Kier alpha value is -2.42. The first-order valence-corrected chi connectivity index (χ1v) is 7.27. The van der Waals surface area contributed by atoms with Crippen molar-refractivity contribution in [2.75, 3.05) is 13.7 Å². The number of hydrogen-bond acceptors (Lipinski definition) is 5. The average molecular weight is 340 g/mol. The van der Waals surface area contributed by atoms with Crippen LogP contribution in [-0.4, -0.2) is 33.5 Å². The molecule has 3 heterocycles. The molecule has 0 saturated carbocycles. The maximum absolute atomic E-state index is 12.7. The lowest BCUT2D eigenvalue weighted by atomic mass is 10.1. The first-order chi connectivity index (χ1) is 11.4. The summed E-state index contributed by atoms with van der Waals surface area (Å²) < 4.78 is 43.4. The molecule has 0 spiro atoms. The fraction of sp³-hybridized carbons (Fsp3) is 0.400. The number of nitrogens with one attached hydrogen (secondary N) is 1. The molecule has 1 aliphatic rings. The van der Waals surface area contributed by atoms with Crippen LogP contribution in [0.5, 0.6) is 5.75 Å². The lowest BCUT2D eigenvalue weighted by Crippen LogP contribution is -2.36. The van der Waals surface area contributed by atoms with Crippen LogP contribution in [0.2, 0.25) is 0 Å². The summed E-state index contributed by atoms with van der Waals surface area (Å²) in [5, 5.41) is 0. The molecule has 1 N–H and O–H groups in total. The zero-order chi connectivity index (χ0) is 17.3. The van der Waals surface area contributed by atoms with Crippen LogP contribution in [0, 0.1) is 0 Å². The number of H-pyrrole nitrogens is 1. The predicted octanol–water partition coefficient (Wildman–Crippen LogP) is 1.75. The summed E-state index contributed by atoms with van der Waals surface area (Å²) in [5.74, 6) is -0.566. The second-order valence-corrected chi connectivity index (χ2v) is 5.49. The third-order valence-electron chi connectivity index (χ3n) is 3.89. The number of fused-ring (bicyclic) bond motifs is 1. The minimum Gasteiger partial charge on any atom is -0.496 e. The number of aromatic amines is 1. The number of rotatable bonds is 3. The molecule has 0 bridgehead atoms. The van der Waals surface area contributed by atoms with E-state index in [2.05, 4.69) is 9.97 Å². The summed E-state index contributed by atoms with van der Waals surface area (Å²) >= 11 is 0. The van der Waals surface area contributed by atoms with Crippen LogP contribution in [0.1, 0.15) is 22.6 Å². The Labute approximate surface area is 135 Å². The molecule has 0 unspecified atom stereocenters. The molecule has 0 atom stereocenters. The lowest BCUT2D eigenvalue weighted by molar-refractivity contribution is -0.145. The van der Waals surface area contributed by atoms with E-state index in [4.69, 9.17) is 4.74 Å². The van der Waals surface area contributed by atoms with Crippen LogP contribution in [0.4, 0.5) is 13.2 Å². The van der Waals surface area contributed by atoms with Crippen molar-refractivity contribution in [1.29, 1.82) is 0 Å². The number of ether oxygens (including phenoxy) is 1. The molecule has 0 saturated heterocycles. The van der Waals surface area contributed by atoms with Gasteiger partial charge in [0, 0.05) is 44.0 Å². The van der Waals surface area contributed by atoms with Crippen molar-refractivity contribution in [3.05, 3.63) is 51.5 Å².